The summed E-state index contributed by atoms with van der Waals surface area (Å²) < 4.78 is 5.63. The van der Waals surface area contributed by atoms with Crippen molar-refractivity contribution in [1.82, 2.24) is 10.2 Å². The molecule has 0 aliphatic heterocycles. The molecule has 0 unspecified atom stereocenters. The average molecular weight is 380 g/mol. The number of carbonyl (C=O) groups excluding carboxylic acids is 2. The first-order valence-electron chi connectivity index (χ1n) is 7.83. The lowest BCUT2D eigenvalue weighted by Crippen LogP contribution is -2.19. The molecule has 0 aliphatic rings. The molecule has 1 atom stereocenters. The second-order valence-corrected chi connectivity index (χ2v) is 7.51. The Morgan fingerprint density at radius 2 is 1.92 bits per heavy atom. The number of amides is 2. The zero-order valence-corrected chi connectivity index (χ0v) is 15.9. The van der Waals surface area contributed by atoms with Crippen molar-refractivity contribution in [2.24, 2.45) is 0 Å². The van der Waals surface area contributed by atoms with E-state index in [1.54, 1.807) is 6.92 Å². The second-order valence-electron chi connectivity index (χ2n) is 5.09. The Labute approximate surface area is 154 Å². The van der Waals surface area contributed by atoms with Crippen LogP contribution in [0.25, 0.3) is 0 Å². The van der Waals surface area contributed by atoms with Crippen LogP contribution in [-0.4, -0.2) is 34.1 Å². The lowest BCUT2D eigenvalue weighted by atomic mass is 10.2. The van der Waals surface area contributed by atoms with Gasteiger partial charge in [-0.1, -0.05) is 47.7 Å². The minimum absolute atomic E-state index is 0.267. The summed E-state index contributed by atoms with van der Waals surface area (Å²) >= 11 is 2.50. The van der Waals surface area contributed by atoms with Crippen LogP contribution in [0.3, 0.4) is 0 Å². The summed E-state index contributed by atoms with van der Waals surface area (Å²) in [5, 5.41) is 13.3. The number of nitrogens with one attached hydrogen (secondary N) is 2. The Morgan fingerprint density at radius 1 is 1.20 bits per heavy atom. The van der Waals surface area contributed by atoms with E-state index in [2.05, 4.69) is 20.8 Å². The highest BCUT2D eigenvalue weighted by Gasteiger charge is 2.21. The SMILES string of the molecule is CCOC(=O)[C@H](CC)Sc1nnc(NC(=O)Nc2ccc(C)cc2)s1. The number of nitrogens with zero attached hydrogens (tertiary/aromatic N) is 2. The van der Waals surface area contributed by atoms with Crippen LogP contribution in [0.15, 0.2) is 28.6 Å². The van der Waals surface area contributed by atoms with Gasteiger partial charge >= 0.3 is 12.0 Å². The lowest BCUT2D eigenvalue weighted by Gasteiger charge is -2.10. The zero-order valence-electron chi connectivity index (χ0n) is 14.2. The van der Waals surface area contributed by atoms with E-state index in [9.17, 15) is 9.59 Å². The van der Waals surface area contributed by atoms with E-state index in [-0.39, 0.29) is 11.2 Å². The van der Waals surface area contributed by atoms with Crippen LogP contribution in [0.1, 0.15) is 25.8 Å². The number of aromatic nitrogens is 2. The average Bonchev–Trinajstić information content (AvgIpc) is 3.01. The number of benzene rings is 1. The zero-order chi connectivity index (χ0) is 18.2. The van der Waals surface area contributed by atoms with Crippen LogP contribution in [0.4, 0.5) is 15.6 Å². The summed E-state index contributed by atoms with van der Waals surface area (Å²) in [6.45, 7) is 6.00. The van der Waals surface area contributed by atoms with Gasteiger partial charge in [-0.3, -0.25) is 10.1 Å². The molecule has 0 bridgehead atoms. The van der Waals surface area contributed by atoms with Crippen molar-refractivity contribution < 1.29 is 14.3 Å². The van der Waals surface area contributed by atoms with Gasteiger partial charge in [0.25, 0.3) is 0 Å². The van der Waals surface area contributed by atoms with E-state index in [0.29, 0.717) is 28.2 Å². The molecule has 0 aliphatic carbocycles. The van der Waals surface area contributed by atoms with Gasteiger partial charge in [0.1, 0.15) is 5.25 Å². The van der Waals surface area contributed by atoms with Crippen LogP contribution < -0.4 is 10.6 Å². The highest BCUT2D eigenvalue weighted by Crippen LogP contribution is 2.31. The van der Waals surface area contributed by atoms with Crippen molar-refractivity contribution in [1.29, 1.82) is 0 Å². The molecule has 0 fully saturated rings. The third-order valence-electron chi connectivity index (χ3n) is 3.10. The number of aryl methyl sites for hydroxylation is 1. The number of hydrogen-bond donors (Lipinski definition) is 2. The van der Waals surface area contributed by atoms with E-state index in [1.165, 1.54) is 23.1 Å². The van der Waals surface area contributed by atoms with Crippen molar-refractivity contribution >= 4 is 45.9 Å². The van der Waals surface area contributed by atoms with Crippen molar-refractivity contribution in [3.05, 3.63) is 29.8 Å². The molecule has 9 heteroatoms. The van der Waals surface area contributed by atoms with Gasteiger partial charge in [-0.05, 0) is 32.4 Å². The first-order valence-corrected chi connectivity index (χ1v) is 9.52. The highest BCUT2D eigenvalue weighted by molar-refractivity contribution is 8.02. The molecule has 134 valence electrons. The van der Waals surface area contributed by atoms with Crippen molar-refractivity contribution in [2.75, 3.05) is 17.2 Å². The molecule has 2 rings (SSSR count). The number of carbonyl (C=O) groups is 2. The van der Waals surface area contributed by atoms with E-state index >= 15 is 0 Å². The maximum atomic E-state index is 12.0. The van der Waals surface area contributed by atoms with E-state index < -0.39 is 6.03 Å². The summed E-state index contributed by atoms with van der Waals surface area (Å²) in [4.78, 5) is 23.8. The monoisotopic (exact) mass is 380 g/mol. The van der Waals surface area contributed by atoms with Crippen LogP contribution in [0, 0.1) is 6.92 Å². The van der Waals surface area contributed by atoms with Crippen molar-refractivity contribution in [2.45, 2.75) is 36.8 Å². The van der Waals surface area contributed by atoms with Crippen molar-refractivity contribution in [3.8, 4) is 0 Å². The third-order valence-corrected chi connectivity index (χ3v) is 5.37. The molecule has 2 N–H and O–H groups in total. The number of anilines is 2. The minimum Gasteiger partial charge on any atom is -0.465 e. The topological polar surface area (TPSA) is 93.2 Å². The van der Waals surface area contributed by atoms with Crippen LogP contribution in [0.2, 0.25) is 0 Å². The molecule has 25 heavy (non-hydrogen) atoms. The molecule has 2 aromatic rings. The Hall–Kier alpha value is -2.13. The fraction of sp³-hybridized carbons (Fsp3) is 0.375. The predicted molar refractivity (Wildman–Crippen MR) is 100 cm³/mol. The number of thioether (sulfide) groups is 1. The van der Waals surface area contributed by atoms with E-state index in [4.69, 9.17) is 4.74 Å². The lowest BCUT2D eigenvalue weighted by molar-refractivity contribution is -0.142. The predicted octanol–water partition coefficient (Wildman–Crippen LogP) is 3.92. The molecular formula is C16H20N4O3S2. The highest BCUT2D eigenvalue weighted by atomic mass is 32.2. The van der Waals surface area contributed by atoms with Gasteiger partial charge in [-0.15, -0.1) is 10.2 Å². The molecule has 1 aromatic heterocycles. The van der Waals surface area contributed by atoms with Gasteiger partial charge in [0.2, 0.25) is 5.13 Å². The van der Waals surface area contributed by atoms with E-state index in [0.717, 1.165) is 5.56 Å². The number of esters is 1. The van der Waals surface area contributed by atoms with Crippen LogP contribution in [-0.2, 0) is 9.53 Å². The molecule has 1 heterocycles. The summed E-state index contributed by atoms with van der Waals surface area (Å²) in [5.41, 5.74) is 1.80. The molecule has 2 amide bonds. The normalized spacial score (nSPS) is 11.6. The summed E-state index contributed by atoms with van der Waals surface area (Å²) in [7, 11) is 0. The van der Waals surface area contributed by atoms with E-state index in [1.807, 2.05) is 38.1 Å². The number of urea groups is 1. The number of ether oxygens (including phenoxy) is 1. The first kappa shape index (κ1) is 19.2. The first-order chi connectivity index (χ1) is 12.0. The minimum atomic E-state index is -0.394. The summed E-state index contributed by atoms with van der Waals surface area (Å²) in [6, 6.07) is 7.07. The molecule has 7 nitrogen and oxygen atoms in total. The van der Waals surface area contributed by atoms with Gasteiger partial charge in [-0.25, -0.2) is 4.79 Å². The van der Waals surface area contributed by atoms with Crippen molar-refractivity contribution in [3.63, 3.8) is 0 Å². The molecule has 0 saturated carbocycles. The van der Waals surface area contributed by atoms with Gasteiger partial charge < -0.3 is 10.1 Å². The maximum Gasteiger partial charge on any atom is 0.325 e. The Morgan fingerprint density at radius 3 is 2.56 bits per heavy atom. The van der Waals surface area contributed by atoms with Crippen LogP contribution in [0.5, 0.6) is 0 Å². The Kier molecular flexibility index (Phi) is 7.20. The standard InChI is InChI=1S/C16H20N4O3S2/c1-4-12(13(21)23-5-2)24-16-20-19-15(25-16)18-14(22)17-11-8-6-10(3)7-9-11/h6-9,12H,4-5H2,1-3H3,(H2,17,18,19,22)/t12-/m0/s1. The van der Waals surface area contributed by atoms with Gasteiger partial charge in [0.15, 0.2) is 4.34 Å². The summed E-state index contributed by atoms with van der Waals surface area (Å²) in [6.07, 6.45) is 0.625. The molecule has 0 radical (unpaired) electrons. The fourth-order valence-corrected chi connectivity index (χ4v) is 3.77. The largest absolute Gasteiger partial charge is 0.465 e. The quantitative estimate of drug-likeness (QED) is 0.429. The van der Waals surface area contributed by atoms with Gasteiger partial charge in [0.05, 0.1) is 6.61 Å². The van der Waals surface area contributed by atoms with Crippen LogP contribution >= 0.6 is 23.1 Å². The third kappa shape index (κ3) is 6.02. The molecule has 0 saturated heterocycles. The maximum absolute atomic E-state index is 12.0. The molecule has 0 spiro atoms. The smallest absolute Gasteiger partial charge is 0.325 e. The molecular weight excluding hydrogens is 360 g/mol. The van der Waals surface area contributed by atoms with Gasteiger partial charge in [0, 0.05) is 5.69 Å². The number of hydrogen-bond acceptors (Lipinski definition) is 7. The Balaban J connectivity index is 1.90. The second kappa shape index (κ2) is 9.38. The summed E-state index contributed by atoms with van der Waals surface area (Å²) in [5.74, 6) is -0.267. The fourth-order valence-electron chi connectivity index (χ4n) is 1.86. The molecule has 1 aromatic carbocycles. The van der Waals surface area contributed by atoms with Gasteiger partial charge in [-0.2, -0.15) is 0 Å². The number of rotatable bonds is 7. The Bertz CT molecular complexity index is 718.